The van der Waals surface area contributed by atoms with Gasteiger partial charge >= 0.3 is 0 Å². The van der Waals surface area contributed by atoms with Crippen molar-refractivity contribution in [1.29, 1.82) is 0 Å². The first kappa shape index (κ1) is 10.4. The van der Waals surface area contributed by atoms with Gasteiger partial charge in [-0.25, -0.2) is 0 Å². The molecule has 16 heavy (non-hydrogen) atoms. The largest absolute Gasteiger partial charge is 0.149 e. The van der Waals surface area contributed by atoms with E-state index in [0.29, 0.717) is 5.92 Å². The first-order valence-corrected chi connectivity index (χ1v) is 6.90. The minimum absolute atomic E-state index is 0.193. The monoisotopic (exact) mass is 248 g/mol. The summed E-state index contributed by atoms with van der Waals surface area (Å²) < 4.78 is 0. The van der Waals surface area contributed by atoms with Gasteiger partial charge in [0.2, 0.25) is 0 Å². The van der Waals surface area contributed by atoms with E-state index in [1.165, 1.54) is 16.0 Å². The molecule has 0 amide bonds. The van der Waals surface area contributed by atoms with E-state index in [2.05, 4.69) is 41.8 Å². The fourth-order valence-corrected chi connectivity index (χ4v) is 3.68. The van der Waals surface area contributed by atoms with Crippen molar-refractivity contribution in [3.63, 3.8) is 0 Å². The molecule has 1 aromatic carbocycles. The summed E-state index contributed by atoms with van der Waals surface area (Å²) in [6.07, 6.45) is 2.24. The van der Waals surface area contributed by atoms with Crippen LogP contribution in [0.25, 0.3) is 0 Å². The highest BCUT2D eigenvalue weighted by molar-refractivity contribution is 7.09. The van der Waals surface area contributed by atoms with Crippen molar-refractivity contribution in [1.82, 2.24) is 0 Å². The molecule has 0 nitrogen and oxygen atoms in total. The van der Waals surface area contributed by atoms with Crippen LogP contribution in [0.15, 0.2) is 41.8 Å². The number of rotatable bonds is 2. The zero-order valence-corrected chi connectivity index (χ0v) is 10.5. The molecule has 0 bridgehead atoms. The van der Waals surface area contributed by atoms with Gasteiger partial charge in [-0.3, -0.25) is 0 Å². The molecule has 1 aromatic heterocycles. The van der Waals surface area contributed by atoms with Gasteiger partial charge in [0.1, 0.15) is 0 Å². The van der Waals surface area contributed by atoms with Crippen molar-refractivity contribution in [2.75, 3.05) is 0 Å². The molecule has 0 spiro atoms. The number of hydrogen-bond acceptors (Lipinski definition) is 1. The Morgan fingerprint density at radius 3 is 2.81 bits per heavy atom. The normalized spacial score (nSPS) is 23.3. The van der Waals surface area contributed by atoms with E-state index >= 15 is 0 Å². The second kappa shape index (κ2) is 4.23. The van der Waals surface area contributed by atoms with E-state index in [9.17, 15) is 0 Å². The van der Waals surface area contributed by atoms with Crippen LogP contribution in [0.5, 0.6) is 0 Å². The second-order valence-corrected chi connectivity index (χ2v) is 5.85. The maximum Gasteiger partial charge on any atom is 0.0622 e. The summed E-state index contributed by atoms with van der Waals surface area (Å²) in [7, 11) is 0. The Kier molecular flexibility index (Phi) is 2.74. The van der Waals surface area contributed by atoms with Gasteiger partial charge in [-0.1, -0.05) is 30.3 Å². The van der Waals surface area contributed by atoms with Crippen LogP contribution in [0.2, 0.25) is 0 Å². The van der Waals surface area contributed by atoms with Crippen molar-refractivity contribution >= 4 is 22.9 Å². The average molecular weight is 249 g/mol. The van der Waals surface area contributed by atoms with Crippen LogP contribution in [0.3, 0.4) is 0 Å². The Balaban J connectivity index is 1.82. The maximum atomic E-state index is 6.53. The highest BCUT2D eigenvalue weighted by atomic mass is 35.5. The average Bonchev–Trinajstić information content (AvgIpc) is 2.90. The minimum atomic E-state index is 0.193. The lowest BCUT2D eigenvalue weighted by molar-refractivity contribution is 0.548. The number of thiophene rings is 1. The smallest absolute Gasteiger partial charge is 0.0622 e. The fraction of sp³-hybridized carbons (Fsp3) is 0.286. The summed E-state index contributed by atoms with van der Waals surface area (Å²) in [6.45, 7) is 0. The van der Waals surface area contributed by atoms with E-state index in [1.807, 2.05) is 11.3 Å². The quantitative estimate of drug-likeness (QED) is 0.689. The molecule has 0 fully saturated rings. The summed E-state index contributed by atoms with van der Waals surface area (Å²) in [6, 6.07) is 12.9. The third kappa shape index (κ3) is 1.79. The van der Waals surface area contributed by atoms with Crippen molar-refractivity contribution in [3.8, 4) is 0 Å². The number of fused-ring (bicyclic) bond motifs is 1. The zero-order chi connectivity index (χ0) is 11.0. The van der Waals surface area contributed by atoms with E-state index in [-0.39, 0.29) is 5.38 Å². The molecule has 0 saturated carbocycles. The standard InChI is InChI=1S/C14H13ClS/c15-14-11(9-12-5-3-7-16-12)8-10-4-1-2-6-13(10)14/h1-7,11,14H,8-9H2. The fourth-order valence-electron chi connectivity index (χ4n) is 2.49. The Labute approximate surface area is 105 Å². The Bertz CT molecular complexity index is 473. The molecule has 0 saturated heterocycles. The SMILES string of the molecule is ClC1c2ccccc2CC1Cc1cccs1. The van der Waals surface area contributed by atoms with Crippen molar-refractivity contribution in [2.45, 2.75) is 18.2 Å². The summed E-state index contributed by atoms with van der Waals surface area (Å²) >= 11 is 8.36. The van der Waals surface area contributed by atoms with Crippen molar-refractivity contribution in [3.05, 3.63) is 57.8 Å². The molecule has 0 N–H and O–H groups in total. The Morgan fingerprint density at radius 2 is 2.06 bits per heavy atom. The topological polar surface area (TPSA) is 0 Å². The Morgan fingerprint density at radius 1 is 1.19 bits per heavy atom. The van der Waals surface area contributed by atoms with Crippen LogP contribution < -0.4 is 0 Å². The van der Waals surface area contributed by atoms with Crippen LogP contribution in [-0.4, -0.2) is 0 Å². The predicted molar refractivity (Wildman–Crippen MR) is 70.3 cm³/mol. The molecule has 0 aliphatic heterocycles. The summed E-state index contributed by atoms with van der Waals surface area (Å²) in [4.78, 5) is 1.45. The zero-order valence-electron chi connectivity index (χ0n) is 8.90. The first-order chi connectivity index (χ1) is 7.84. The van der Waals surface area contributed by atoms with Crippen molar-refractivity contribution in [2.24, 2.45) is 5.92 Å². The van der Waals surface area contributed by atoms with E-state index < -0.39 is 0 Å². The molecule has 2 atom stereocenters. The molecule has 82 valence electrons. The van der Waals surface area contributed by atoms with Crippen LogP contribution in [0.1, 0.15) is 21.4 Å². The molecule has 0 radical (unpaired) electrons. The molecule has 1 aliphatic rings. The lowest BCUT2D eigenvalue weighted by atomic mass is 10.0. The van der Waals surface area contributed by atoms with Gasteiger partial charge < -0.3 is 0 Å². The third-order valence-corrected chi connectivity index (χ3v) is 4.78. The summed E-state index contributed by atoms with van der Waals surface area (Å²) in [5.41, 5.74) is 2.77. The van der Waals surface area contributed by atoms with Gasteiger partial charge in [-0.2, -0.15) is 0 Å². The highest BCUT2D eigenvalue weighted by Gasteiger charge is 2.30. The third-order valence-electron chi connectivity index (χ3n) is 3.29. The highest BCUT2D eigenvalue weighted by Crippen LogP contribution is 2.42. The molecular formula is C14H13ClS. The van der Waals surface area contributed by atoms with Crippen LogP contribution in [-0.2, 0) is 12.8 Å². The van der Waals surface area contributed by atoms with Gasteiger partial charge in [-0.05, 0) is 41.3 Å². The second-order valence-electron chi connectivity index (χ2n) is 4.35. The predicted octanol–water partition coefficient (Wildman–Crippen LogP) is 4.44. The van der Waals surface area contributed by atoms with Crippen LogP contribution >= 0.6 is 22.9 Å². The van der Waals surface area contributed by atoms with Crippen molar-refractivity contribution < 1.29 is 0 Å². The lowest BCUT2D eigenvalue weighted by Gasteiger charge is -2.12. The van der Waals surface area contributed by atoms with E-state index in [4.69, 9.17) is 11.6 Å². The van der Waals surface area contributed by atoms with Crippen LogP contribution in [0.4, 0.5) is 0 Å². The molecule has 2 unspecified atom stereocenters. The lowest BCUT2D eigenvalue weighted by Crippen LogP contribution is -2.05. The van der Waals surface area contributed by atoms with Gasteiger partial charge in [0.15, 0.2) is 0 Å². The van der Waals surface area contributed by atoms with Crippen LogP contribution in [0, 0.1) is 5.92 Å². The number of hydrogen-bond donors (Lipinski definition) is 0. The molecular weight excluding hydrogens is 236 g/mol. The van der Waals surface area contributed by atoms with E-state index in [0.717, 1.165) is 12.8 Å². The maximum absolute atomic E-state index is 6.53. The summed E-state index contributed by atoms with van der Waals surface area (Å²) in [5.74, 6) is 0.567. The van der Waals surface area contributed by atoms with E-state index in [1.54, 1.807) is 0 Å². The first-order valence-electron chi connectivity index (χ1n) is 5.59. The molecule has 2 heteroatoms. The minimum Gasteiger partial charge on any atom is -0.149 e. The Hall–Kier alpha value is -0.790. The molecule has 3 rings (SSSR count). The summed E-state index contributed by atoms with van der Waals surface area (Å²) in [5, 5.41) is 2.33. The number of halogens is 1. The van der Waals surface area contributed by atoms with Gasteiger partial charge in [0.25, 0.3) is 0 Å². The molecule has 1 heterocycles. The number of alkyl halides is 1. The van der Waals surface area contributed by atoms with Gasteiger partial charge in [0.05, 0.1) is 5.38 Å². The number of benzene rings is 1. The molecule has 2 aromatic rings. The molecule has 1 aliphatic carbocycles. The van der Waals surface area contributed by atoms with Gasteiger partial charge in [0, 0.05) is 4.88 Å². The van der Waals surface area contributed by atoms with Gasteiger partial charge in [-0.15, -0.1) is 22.9 Å².